The molecule has 1 aromatic heterocycles. The average molecular weight is 256 g/mol. The molecule has 0 saturated carbocycles. The zero-order valence-corrected chi connectivity index (χ0v) is 9.53. The van der Waals surface area contributed by atoms with Gasteiger partial charge in [0.05, 0.1) is 16.9 Å². The molecule has 6 heteroatoms. The van der Waals surface area contributed by atoms with E-state index >= 15 is 0 Å². The number of ether oxygens (including phenoxy) is 1. The summed E-state index contributed by atoms with van der Waals surface area (Å²) < 4.78 is 5.42. The Morgan fingerprint density at radius 1 is 1.19 bits per heavy atom. The first-order valence-electron chi connectivity index (χ1n) is 4.35. The summed E-state index contributed by atoms with van der Waals surface area (Å²) in [5.74, 6) is 0.789. The lowest BCUT2D eigenvalue weighted by Gasteiger charge is -2.06. The molecule has 0 bridgehead atoms. The normalized spacial score (nSPS) is 10.1. The van der Waals surface area contributed by atoms with Gasteiger partial charge in [-0.1, -0.05) is 23.2 Å². The van der Waals surface area contributed by atoms with E-state index in [1.54, 1.807) is 18.2 Å². The van der Waals surface area contributed by atoms with Crippen LogP contribution in [0.25, 0.3) is 0 Å². The number of aromatic nitrogens is 2. The van der Waals surface area contributed by atoms with Crippen molar-refractivity contribution in [2.24, 2.45) is 0 Å². The van der Waals surface area contributed by atoms with Gasteiger partial charge in [-0.2, -0.15) is 0 Å². The number of hydrogen-bond acceptors (Lipinski definition) is 4. The Hall–Kier alpha value is -1.52. The molecule has 0 fully saturated rings. The third kappa shape index (κ3) is 2.35. The predicted octanol–water partition coefficient (Wildman–Crippen LogP) is 3.16. The lowest BCUT2D eigenvalue weighted by atomic mass is 10.3. The topological polar surface area (TPSA) is 61.0 Å². The van der Waals surface area contributed by atoms with E-state index in [1.807, 2.05) is 0 Å². The molecule has 4 nitrogen and oxygen atoms in total. The van der Waals surface area contributed by atoms with E-state index in [0.717, 1.165) is 0 Å². The molecule has 16 heavy (non-hydrogen) atoms. The minimum atomic E-state index is 0.275. The Labute approximate surface area is 102 Å². The van der Waals surface area contributed by atoms with Gasteiger partial charge in [0.15, 0.2) is 0 Å². The molecule has 0 saturated heterocycles. The van der Waals surface area contributed by atoms with Gasteiger partial charge in [-0.05, 0) is 12.1 Å². The molecule has 2 N–H and O–H groups in total. The maximum absolute atomic E-state index is 5.85. The van der Waals surface area contributed by atoms with Crippen LogP contribution in [0, 0.1) is 0 Å². The van der Waals surface area contributed by atoms with E-state index in [1.165, 1.54) is 12.5 Å². The highest BCUT2D eigenvalue weighted by Crippen LogP contribution is 2.29. The molecular weight excluding hydrogens is 249 g/mol. The molecule has 1 aromatic carbocycles. The zero-order valence-electron chi connectivity index (χ0n) is 8.02. The summed E-state index contributed by atoms with van der Waals surface area (Å²) in [7, 11) is 0. The van der Waals surface area contributed by atoms with Gasteiger partial charge in [0.25, 0.3) is 0 Å². The number of nitrogen functional groups attached to an aromatic ring is 1. The van der Waals surface area contributed by atoms with Crippen LogP contribution in [0.5, 0.6) is 11.6 Å². The quantitative estimate of drug-likeness (QED) is 0.838. The molecule has 0 aliphatic rings. The van der Waals surface area contributed by atoms with Crippen LogP contribution >= 0.6 is 23.2 Å². The highest BCUT2D eigenvalue weighted by molar-refractivity contribution is 6.33. The Balaban J connectivity index is 2.28. The van der Waals surface area contributed by atoms with Crippen molar-refractivity contribution in [2.45, 2.75) is 0 Å². The molecule has 0 spiro atoms. The van der Waals surface area contributed by atoms with E-state index in [9.17, 15) is 0 Å². The minimum absolute atomic E-state index is 0.275. The van der Waals surface area contributed by atoms with Crippen LogP contribution in [-0.4, -0.2) is 9.97 Å². The average Bonchev–Trinajstić information content (AvgIpc) is 2.27. The van der Waals surface area contributed by atoms with Crippen LogP contribution in [0.4, 0.5) is 5.69 Å². The van der Waals surface area contributed by atoms with Gasteiger partial charge < -0.3 is 10.5 Å². The molecule has 0 unspecified atom stereocenters. The summed E-state index contributed by atoms with van der Waals surface area (Å²) in [5.41, 5.74) is 6.06. The zero-order chi connectivity index (χ0) is 11.5. The first-order valence-corrected chi connectivity index (χ1v) is 5.11. The van der Waals surface area contributed by atoms with Crippen LogP contribution in [0.15, 0.2) is 30.7 Å². The fraction of sp³-hybridized carbons (Fsp3) is 0. The SMILES string of the molecule is Nc1ccc(Oc2ncncc2Cl)cc1Cl. The first kappa shape index (κ1) is 11.0. The number of nitrogens with two attached hydrogens (primary N) is 1. The summed E-state index contributed by atoms with van der Waals surface area (Å²) >= 11 is 11.7. The Morgan fingerprint density at radius 2 is 2.00 bits per heavy atom. The van der Waals surface area contributed by atoms with Gasteiger partial charge in [0.1, 0.15) is 17.1 Å². The number of benzene rings is 1. The number of anilines is 1. The molecular formula is C10H7Cl2N3O. The summed E-state index contributed by atoms with van der Waals surface area (Å²) in [6.45, 7) is 0. The maximum Gasteiger partial charge on any atom is 0.241 e. The molecule has 0 radical (unpaired) electrons. The van der Waals surface area contributed by atoms with Crippen LogP contribution in [0.3, 0.4) is 0 Å². The Bertz CT molecular complexity index is 519. The van der Waals surface area contributed by atoms with Crippen LogP contribution in [-0.2, 0) is 0 Å². The fourth-order valence-corrected chi connectivity index (χ4v) is 1.37. The third-order valence-corrected chi connectivity index (χ3v) is 2.41. The number of rotatable bonds is 2. The van der Waals surface area contributed by atoms with Gasteiger partial charge in [0, 0.05) is 6.07 Å². The van der Waals surface area contributed by atoms with Crippen molar-refractivity contribution in [3.05, 3.63) is 40.8 Å². The van der Waals surface area contributed by atoms with E-state index in [0.29, 0.717) is 21.5 Å². The minimum Gasteiger partial charge on any atom is -0.437 e. The summed E-state index contributed by atoms with van der Waals surface area (Å²) in [6, 6.07) is 4.92. The fourth-order valence-electron chi connectivity index (χ4n) is 1.06. The lowest BCUT2D eigenvalue weighted by Crippen LogP contribution is -1.91. The van der Waals surface area contributed by atoms with Gasteiger partial charge in [-0.3, -0.25) is 0 Å². The van der Waals surface area contributed by atoms with Gasteiger partial charge in [-0.15, -0.1) is 0 Å². The first-order chi connectivity index (χ1) is 7.66. The molecule has 82 valence electrons. The van der Waals surface area contributed by atoms with E-state index in [-0.39, 0.29) is 5.88 Å². The highest BCUT2D eigenvalue weighted by atomic mass is 35.5. The third-order valence-electron chi connectivity index (χ3n) is 1.82. The summed E-state index contributed by atoms with van der Waals surface area (Å²) in [4.78, 5) is 7.64. The summed E-state index contributed by atoms with van der Waals surface area (Å²) in [6.07, 6.45) is 2.79. The largest absolute Gasteiger partial charge is 0.437 e. The Morgan fingerprint density at radius 3 is 2.69 bits per heavy atom. The van der Waals surface area contributed by atoms with E-state index in [4.69, 9.17) is 33.7 Å². The molecule has 2 rings (SSSR count). The van der Waals surface area contributed by atoms with E-state index < -0.39 is 0 Å². The summed E-state index contributed by atoms with van der Waals surface area (Å²) in [5, 5.41) is 0.748. The molecule has 0 aliphatic carbocycles. The van der Waals surface area contributed by atoms with Crippen molar-refractivity contribution < 1.29 is 4.74 Å². The molecule has 2 aromatic rings. The molecule has 1 heterocycles. The van der Waals surface area contributed by atoms with Crippen molar-refractivity contribution in [3.8, 4) is 11.6 Å². The van der Waals surface area contributed by atoms with Crippen molar-refractivity contribution in [3.63, 3.8) is 0 Å². The van der Waals surface area contributed by atoms with Gasteiger partial charge in [-0.25, -0.2) is 9.97 Å². The van der Waals surface area contributed by atoms with Crippen LogP contribution in [0.2, 0.25) is 10.0 Å². The van der Waals surface area contributed by atoms with Gasteiger partial charge in [0.2, 0.25) is 5.88 Å². The van der Waals surface area contributed by atoms with E-state index in [2.05, 4.69) is 9.97 Å². The number of nitrogens with zero attached hydrogens (tertiary/aromatic N) is 2. The maximum atomic E-state index is 5.85. The molecule has 0 atom stereocenters. The van der Waals surface area contributed by atoms with Crippen LogP contribution < -0.4 is 10.5 Å². The highest BCUT2D eigenvalue weighted by Gasteiger charge is 2.05. The van der Waals surface area contributed by atoms with Crippen LogP contribution in [0.1, 0.15) is 0 Å². The van der Waals surface area contributed by atoms with Gasteiger partial charge >= 0.3 is 0 Å². The monoisotopic (exact) mass is 255 g/mol. The van der Waals surface area contributed by atoms with Crippen molar-refractivity contribution >= 4 is 28.9 Å². The standard InChI is InChI=1S/C10H7Cl2N3O/c11-7-3-6(1-2-9(7)13)16-10-8(12)4-14-5-15-10/h1-5H,13H2. The second-order valence-corrected chi connectivity index (χ2v) is 3.78. The number of hydrogen-bond donors (Lipinski definition) is 1. The van der Waals surface area contributed by atoms with Crippen molar-refractivity contribution in [1.29, 1.82) is 0 Å². The second-order valence-electron chi connectivity index (χ2n) is 2.96. The van der Waals surface area contributed by atoms with Crippen molar-refractivity contribution in [2.75, 3.05) is 5.73 Å². The molecule has 0 amide bonds. The smallest absolute Gasteiger partial charge is 0.241 e. The second kappa shape index (κ2) is 4.55. The lowest BCUT2D eigenvalue weighted by molar-refractivity contribution is 0.462. The molecule has 0 aliphatic heterocycles. The number of halogens is 2. The predicted molar refractivity (Wildman–Crippen MR) is 63.0 cm³/mol. The Kier molecular flexibility index (Phi) is 3.12. The van der Waals surface area contributed by atoms with Crippen molar-refractivity contribution in [1.82, 2.24) is 9.97 Å².